The summed E-state index contributed by atoms with van der Waals surface area (Å²) in [6.07, 6.45) is -2.12. The summed E-state index contributed by atoms with van der Waals surface area (Å²) in [5, 5.41) is 12.7. The van der Waals surface area contributed by atoms with Crippen LogP contribution in [0.25, 0.3) is 0 Å². The molecule has 0 spiro atoms. The monoisotopic (exact) mass is 590 g/mol. The minimum Gasteiger partial charge on any atom is -0.480 e. The number of amides is 2. The molecular formula is C29H30ClF3N4O4. The number of benzene rings is 2. The number of piperazine rings is 1. The normalized spacial score (nSPS) is 22.5. The third-order valence-corrected chi connectivity index (χ3v) is 8.08. The number of ether oxygens (including phenoxy) is 2. The van der Waals surface area contributed by atoms with E-state index in [2.05, 4.69) is 5.32 Å². The summed E-state index contributed by atoms with van der Waals surface area (Å²) in [6, 6.07) is 10.5. The summed E-state index contributed by atoms with van der Waals surface area (Å²) < 4.78 is 51.5. The van der Waals surface area contributed by atoms with Crippen LogP contribution in [0.5, 0.6) is 5.75 Å². The molecule has 1 aliphatic carbocycles. The van der Waals surface area contributed by atoms with Gasteiger partial charge in [0.15, 0.2) is 6.10 Å². The first-order chi connectivity index (χ1) is 19.6. The van der Waals surface area contributed by atoms with Gasteiger partial charge in [0.05, 0.1) is 23.3 Å². The second-order valence-electron chi connectivity index (χ2n) is 10.6. The lowest BCUT2D eigenvalue weighted by Crippen LogP contribution is -2.54. The number of carbonyl (C=O) groups excluding carboxylic acids is 2. The van der Waals surface area contributed by atoms with Crippen LogP contribution in [-0.2, 0) is 26.9 Å². The zero-order valence-corrected chi connectivity index (χ0v) is 23.0. The van der Waals surface area contributed by atoms with Crippen LogP contribution in [0.15, 0.2) is 36.4 Å². The Labute approximate surface area is 240 Å². The van der Waals surface area contributed by atoms with E-state index in [1.54, 1.807) is 28.0 Å². The molecule has 1 saturated carbocycles. The molecule has 0 aromatic heterocycles. The molecular weight excluding hydrogens is 561 g/mol. The van der Waals surface area contributed by atoms with Gasteiger partial charge in [0, 0.05) is 49.4 Å². The Balaban J connectivity index is 1.02. The Morgan fingerprint density at radius 1 is 1.05 bits per heavy atom. The van der Waals surface area contributed by atoms with Crippen molar-refractivity contribution >= 4 is 29.1 Å². The molecule has 2 aliphatic heterocycles. The fraction of sp³-hybridized carbons (Fsp3) is 0.483. The number of nitrogens with one attached hydrogen (secondary N) is 1. The second kappa shape index (κ2) is 12.2. The maximum Gasteiger partial charge on any atom is 0.417 e. The molecule has 1 saturated heterocycles. The maximum atomic E-state index is 13.3. The highest BCUT2D eigenvalue weighted by Crippen LogP contribution is 2.35. The minimum atomic E-state index is -4.60. The van der Waals surface area contributed by atoms with E-state index in [0.29, 0.717) is 74.7 Å². The fourth-order valence-electron chi connectivity index (χ4n) is 5.59. The van der Waals surface area contributed by atoms with Crippen molar-refractivity contribution in [3.05, 3.63) is 58.1 Å². The molecule has 2 heterocycles. The molecule has 3 aliphatic rings. The lowest BCUT2D eigenvalue weighted by Gasteiger charge is -2.36. The van der Waals surface area contributed by atoms with Gasteiger partial charge in [-0.25, -0.2) is 0 Å². The number of halogens is 4. The van der Waals surface area contributed by atoms with Crippen molar-refractivity contribution in [3.8, 4) is 11.8 Å². The molecule has 0 radical (unpaired) electrons. The van der Waals surface area contributed by atoms with Gasteiger partial charge in [-0.15, -0.1) is 0 Å². The lowest BCUT2D eigenvalue weighted by atomic mass is 9.92. The van der Waals surface area contributed by atoms with Gasteiger partial charge in [0.1, 0.15) is 12.4 Å². The van der Waals surface area contributed by atoms with Crippen molar-refractivity contribution < 1.29 is 32.2 Å². The standard InChI is InChI=1S/C29H30ClF3N4O4/c30-20-2-8-25-19(13-20)14-26(41-25)28(39)37-11-9-36(10-12-37)27(38)17-40-23-6-4-21(5-7-23)35-22-3-1-18(16-34)24(15-22)29(31,32)33/h1-3,8,13,15,21,23,26,35H,4-7,9-12,14,17H2/t21-,23-,26?. The van der Waals surface area contributed by atoms with Crippen molar-refractivity contribution in [2.75, 3.05) is 38.1 Å². The highest BCUT2D eigenvalue weighted by molar-refractivity contribution is 6.30. The number of rotatable bonds is 6. The largest absolute Gasteiger partial charge is 0.480 e. The van der Waals surface area contributed by atoms with Gasteiger partial charge >= 0.3 is 6.18 Å². The van der Waals surface area contributed by atoms with E-state index in [1.165, 1.54) is 12.1 Å². The Morgan fingerprint density at radius 2 is 1.76 bits per heavy atom. The van der Waals surface area contributed by atoms with E-state index in [9.17, 15) is 22.8 Å². The molecule has 0 bridgehead atoms. The third-order valence-electron chi connectivity index (χ3n) is 7.85. The van der Waals surface area contributed by atoms with Crippen LogP contribution >= 0.6 is 11.6 Å². The SMILES string of the molecule is N#Cc1ccc(N[C@H]2CC[C@H](OCC(=O)N3CCN(C(=O)C4Cc5cc(Cl)ccc5O4)CC3)CC2)cc1C(F)(F)F. The first kappa shape index (κ1) is 29.0. The average molecular weight is 591 g/mol. The number of fused-ring (bicyclic) bond motifs is 1. The topological polar surface area (TPSA) is 94.9 Å². The van der Waals surface area contributed by atoms with Gasteiger partial charge < -0.3 is 24.6 Å². The highest BCUT2D eigenvalue weighted by Gasteiger charge is 2.36. The van der Waals surface area contributed by atoms with E-state index in [4.69, 9.17) is 26.3 Å². The third kappa shape index (κ3) is 6.88. The average Bonchev–Trinajstić information content (AvgIpc) is 3.39. The van der Waals surface area contributed by atoms with Crippen LogP contribution < -0.4 is 10.1 Å². The molecule has 2 aromatic rings. The molecule has 41 heavy (non-hydrogen) atoms. The Morgan fingerprint density at radius 3 is 2.44 bits per heavy atom. The smallest absolute Gasteiger partial charge is 0.417 e. The van der Waals surface area contributed by atoms with Gasteiger partial charge in [-0.1, -0.05) is 11.6 Å². The quantitative estimate of drug-likeness (QED) is 0.527. The number of nitrogens with zero attached hydrogens (tertiary/aromatic N) is 3. The summed E-state index contributed by atoms with van der Waals surface area (Å²) in [6.45, 7) is 1.62. The predicted molar refractivity (Wildman–Crippen MR) is 145 cm³/mol. The lowest BCUT2D eigenvalue weighted by molar-refractivity contribution is -0.146. The summed E-state index contributed by atoms with van der Waals surface area (Å²) in [5.41, 5.74) is -0.121. The fourth-order valence-corrected chi connectivity index (χ4v) is 5.79. The van der Waals surface area contributed by atoms with Gasteiger partial charge in [0.2, 0.25) is 5.91 Å². The number of alkyl halides is 3. The molecule has 1 unspecified atom stereocenters. The van der Waals surface area contributed by atoms with E-state index < -0.39 is 23.4 Å². The first-order valence-corrected chi connectivity index (χ1v) is 14.0. The maximum absolute atomic E-state index is 13.3. The zero-order chi connectivity index (χ0) is 29.1. The number of carbonyl (C=O) groups is 2. The van der Waals surface area contributed by atoms with E-state index in [-0.39, 0.29) is 30.6 Å². The number of anilines is 1. The number of hydrogen-bond donors (Lipinski definition) is 1. The van der Waals surface area contributed by atoms with Crippen molar-refractivity contribution in [1.82, 2.24) is 9.80 Å². The molecule has 1 N–H and O–H groups in total. The van der Waals surface area contributed by atoms with Crippen molar-refractivity contribution in [2.45, 2.75) is 56.5 Å². The van der Waals surface area contributed by atoms with Crippen molar-refractivity contribution in [3.63, 3.8) is 0 Å². The van der Waals surface area contributed by atoms with Gasteiger partial charge in [-0.3, -0.25) is 9.59 Å². The van der Waals surface area contributed by atoms with Crippen LogP contribution in [0.3, 0.4) is 0 Å². The van der Waals surface area contributed by atoms with Crippen molar-refractivity contribution in [1.29, 1.82) is 5.26 Å². The minimum absolute atomic E-state index is 0.0289. The molecule has 5 rings (SSSR count). The highest BCUT2D eigenvalue weighted by atomic mass is 35.5. The summed E-state index contributed by atoms with van der Waals surface area (Å²) in [4.78, 5) is 29.1. The summed E-state index contributed by atoms with van der Waals surface area (Å²) in [5.74, 6) is 0.448. The van der Waals surface area contributed by atoms with E-state index in [0.717, 1.165) is 11.6 Å². The summed E-state index contributed by atoms with van der Waals surface area (Å²) >= 11 is 6.04. The molecule has 12 heteroatoms. The van der Waals surface area contributed by atoms with E-state index in [1.807, 2.05) is 6.07 Å². The molecule has 2 fully saturated rings. The van der Waals surface area contributed by atoms with Crippen molar-refractivity contribution in [2.24, 2.45) is 0 Å². The molecule has 8 nitrogen and oxygen atoms in total. The molecule has 218 valence electrons. The molecule has 2 aromatic carbocycles. The van der Waals surface area contributed by atoms with E-state index >= 15 is 0 Å². The zero-order valence-electron chi connectivity index (χ0n) is 22.3. The second-order valence-corrected chi connectivity index (χ2v) is 11.0. The van der Waals surface area contributed by atoms with Gasteiger partial charge in [0.25, 0.3) is 5.91 Å². The predicted octanol–water partition coefficient (Wildman–Crippen LogP) is 4.64. The number of hydrogen-bond acceptors (Lipinski definition) is 6. The van der Waals surface area contributed by atoms with Crippen LogP contribution in [0.2, 0.25) is 5.02 Å². The molecule has 1 atom stereocenters. The van der Waals surface area contributed by atoms with Crippen LogP contribution in [0.4, 0.5) is 18.9 Å². The Bertz CT molecular complexity index is 1330. The number of nitriles is 1. The van der Waals surface area contributed by atoms with Gasteiger partial charge in [-0.05, 0) is 67.6 Å². The van der Waals surface area contributed by atoms with Crippen LogP contribution in [-0.4, -0.2) is 72.6 Å². The van der Waals surface area contributed by atoms with Crippen LogP contribution in [0.1, 0.15) is 42.4 Å². The Kier molecular flexibility index (Phi) is 8.61. The van der Waals surface area contributed by atoms with Crippen LogP contribution in [0, 0.1) is 11.3 Å². The first-order valence-electron chi connectivity index (χ1n) is 13.6. The Hall–Kier alpha value is -3.49. The molecule has 2 amide bonds. The van der Waals surface area contributed by atoms with Gasteiger partial charge in [-0.2, -0.15) is 18.4 Å². The summed E-state index contributed by atoms with van der Waals surface area (Å²) in [7, 11) is 0.